The maximum absolute atomic E-state index is 11.9. The average Bonchev–Trinajstić information content (AvgIpc) is 3.01. The van der Waals surface area contributed by atoms with Crippen molar-refractivity contribution in [1.29, 1.82) is 0 Å². The maximum Gasteiger partial charge on any atom is 0.305 e. The Morgan fingerprint density at radius 1 is 0.395 bits per heavy atom. The van der Waals surface area contributed by atoms with E-state index in [0.29, 0.717) is 12.8 Å². The summed E-state index contributed by atoms with van der Waals surface area (Å²) in [6.07, 6.45) is 37.3. The second-order valence-electron chi connectivity index (χ2n) is 13.1. The third kappa shape index (κ3) is 35.3. The van der Waals surface area contributed by atoms with Gasteiger partial charge in [-0.2, -0.15) is 0 Å². The summed E-state index contributed by atoms with van der Waals surface area (Å²) >= 11 is 0. The van der Waals surface area contributed by atoms with Gasteiger partial charge in [0, 0.05) is 12.8 Å². The molecule has 43 heavy (non-hydrogen) atoms. The molecule has 0 aromatic carbocycles. The van der Waals surface area contributed by atoms with Crippen LogP contribution in [0.25, 0.3) is 0 Å². The van der Waals surface area contributed by atoms with Gasteiger partial charge < -0.3 is 14.6 Å². The number of hydrogen-bond acceptors (Lipinski definition) is 5. The van der Waals surface area contributed by atoms with Crippen LogP contribution in [0.3, 0.4) is 0 Å². The number of rotatable bonds is 35. The predicted octanol–water partition coefficient (Wildman–Crippen LogP) is 11.6. The van der Waals surface area contributed by atoms with Crippen LogP contribution in [0, 0.1) is 0 Å². The number of esters is 2. The van der Waals surface area contributed by atoms with E-state index in [1.54, 1.807) is 0 Å². The zero-order valence-corrected chi connectivity index (χ0v) is 29.0. The van der Waals surface area contributed by atoms with Gasteiger partial charge in [-0.1, -0.05) is 187 Å². The van der Waals surface area contributed by atoms with Crippen LogP contribution >= 0.6 is 0 Å². The number of hydrogen-bond donors (Lipinski definition) is 1. The van der Waals surface area contributed by atoms with Crippen LogP contribution < -0.4 is 0 Å². The fourth-order valence-corrected chi connectivity index (χ4v) is 5.68. The monoisotopic (exact) mass is 611 g/mol. The molecule has 0 saturated heterocycles. The molecule has 0 spiro atoms. The molecule has 0 heterocycles. The van der Waals surface area contributed by atoms with Crippen molar-refractivity contribution in [2.45, 2.75) is 219 Å². The lowest BCUT2D eigenvalue weighted by molar-refractivity contribution is -0.152. The van der Waals surface area contributed by atoms with E-state index in [9.17, 15) is 14.7 Å². The van der Waals surface area contributed by atoms with Crippen molar-refractivity contribution in [2.75, 3.05) is 13.2 Å². The van der Waals surface area contributed by atoms with Crippen molar-refractivity contribution in [1.82, 2.24) is 0 Å². The van der Waals surface area contributed by atoms with Crippen LogP contribution in [0.15, 0.2) is 0 Å². The molecule has 0 saturated carbocycles. The minimum Gasteiger partial charge on any atom is -0.463 e. The zero-order valence-electron chi connectivity index (χ0n) is 29.0. The fourth-order valence-electron chi connectivity index (χ4n) is 5.68. The Morgan fingerprint density at radius 2 is 0.605 bits per heavy atom. The first-order valence-electron chi connectivity index (χ1n) is 19.1. The molecule has 0 fully saturated rings. The van der Waals surface area contributed by atoms with E-state index in [0.717, 1.165) is 25.7 Å². The Kier molecular flexibility index (Phi) is 34.5. The molecular weight excluding hydrogens is 536 g/mol. The molecule has 256 valence electrons. The van der Waals surface area contributed by atoms with Crippen molar-refractivity contribution in [2.24, 2.45) is 0 Å². The predicted molar refractivity (Wildman–Crippen MR) is 182 cm³/mol. The van der Waals surface area contributed by atoms with Crippen LogP contribution in [0.2, 0.25) is 0 Å². The lowest BCUT2D eigenvalue weighted by Gasteiger charge is -2.12. The second-order valence-corrected chi connectivity index (χ2v) is 13.1. The molecule has 0 bridgehead atoms. The summed E-state index contributed by atoms with van der Waals surface area (Å²) in [5.41, 5.74) is 0. The molecule has 5 heteroatoms. The summed E-state index contributed by atoms with van der Waals surface area (Å²) in [7, 11) is 0. The smallest absolute Gasteiger partial charge is 0.305 e. The normalized spacial score (nSPS) is 12.0. The van der Waals surface area contributed by atoms with Crippen LogP contribution in [0.1, 0.15) is 213 Å². The highest BCUT2D eigenvalue weighted by atomic mass is 16.6. The fraction of sp³-hybridized carbons (Fsp3) is 0.947. The Hall–Kier alpha value is -1.10. The van der Waals surface area contributed by atoms with Gasteiger partial charge in [0.25, 0.3) is 0 Å². The highest BCUT2D eigenvalue weighted by Gasteiger charge is 2.12. The molecule has 5 nitrogen and oxygen atoms in total. The quantitative estimate of drug-likeness (QED) is 0.0571. The Bertz CT molecular complexity index is 579. The van der Waals surface area contributed by atoms with Gasteiger partial charge in [0.2, 0.25) is 0 Å². The summed E-state index contributed by atoms with van der Waals surface area (Å²) in [6.45, 7) is 4.31. The molecule has 0 aromatic heterocycles. The molecule has 0 unspecified atom stereocenters. The molecule has 0 amide bonds. The van der Waals surface area contributed by atoms with Gasteiger partial charge in [-0.05, 0) is 12.8 Å². The average molecular weight is 611 g/mol. The largest absolute Gasteiger partial charge is 0.463 e. The van der Waals surface area contributed by atoms with E-state index in [1.807, 2.05) is 0 Å². The first kappa shape index (κ1) is 41.9. The van der Waals surface area contributed by atoms with E-state index in [-0.39, 0.29) is 25.2 Å². The van der Waals surface area contributed by atoms with E-state index < -0.39 is 6.10 Å². The molecule has 0 aliphatic heterocycles. The SMILES string of the molecule is CCCCCCCCCCCCCCCCCCCCCC(=O)OC[C@@H](O)COC(=O)CCCCCCCCCCCC. The topological polar surface area (TPSA) is 72.8 Å². The van der Waals surface area contributed by atoms with E-state index in [4.69, 9.17) is 9.47 Å². The van der Waals surface area contributed by atoms with Crippen LogP contribution in [0.4, 0.5) is 0 Å². The number of ether oxygens (including phenoxy) is 2. The summed E-state index contributed by atoms with van der Waals surface area (Å²) in [6, 6.07) is 0. The molecular formula is C38H74O5. The minimum absolute atomic E-state index is 0.108. The van der Waals surface area contributed by atoms with Crippen LogP contribution in [0.5, 0.6) is 0 Å². The third-order valence-electron chi connectivity index (χ3n) is 8.59. The lowest BCUT2D eigenvalue weighted by atomic mass is 10.0. The number of carbonyl (C=O) groups excluding carboxylic acids is 2. The zero-order chi connectivity index (χ0) is 31.5. The van der Waals surface area contributed by atoms with Crippen LogP contribution in [-0.2, 0) is 19.1 Å². The molecule has 0 aliphatic carbocycles. The van der Waals surface area contributed by atoms with Crippen molar-refractivity contribution >= 4 is 11.9 Å². The first-order valence-corrected chi connectivity index (χ1v) is 19.1. The minimum atomic E-state index is -0.953. The third-order valence-corrected chi connectivity index (χ3v) is 8.59. The van der Waals surface area contributed by atoms with Gasteiger partial charge in [-0.3, -0.25) is 9.59 Å². The summed E-state index contributed by atoms with van der Waals surface area (Å²) < 4.78 is 10.3. The summed E-state index contributed by atoms with van der Waals surface area (Å²) in [4.78, 5) is 23.8. The Labute approximate surface area is 268 Å². The second kappa shape index (κ2) is 35.4. The number of unbranched alkanes of at least 4 members (excludes halogenated alkanes) is 27. The Morgan fingerprint density at radius 3 is 0.837 bits per heavy atom. The molecule has 0 aliphatic rings. The van der Waals surface area contributed by atoms with Gasteiger partial charge in [0.1, 0.15) is 19.3 Å². The van der Waals surface area contributed by atoms with Crippen LogP contribution in [-0.4, -0.2) is 36.4 Å². The van der Waals surface area contributed by atoms with Gasteiger partial charge in [0.05, 0.1) is 0 Å². The molecule has 0 radical (unpaired) electrons. The van der Waals surface area contributed by atoms with Gasteiger partial charge in [-0.15, -0.1) is 0 Å². The number of aliphatic hydroxyl groups is 1. The van der Waals surface area contributed by atoms with E-state index in [2.05, 4.69) is 13.8 Å². The lowest BCUT2D eigenvalue weighted by Crippen LogP contribution is -2.25. The van der Waals surface area contributed by atoms with Crippen molar-refractivity contribution in [3.63, 3.8) is 0 Å². The molecule has 1 N–H and O–H groups in total. The molecule has 1 atom stereocenters. The van der Waals surface area contributed by atoms with Crippen molar-refractivity contribution in [3.8, 4) is 0 Å². The number of carbonyl (C=O) groups is 2. The maximum atomic E-state index is 11.9. The van der Waals surface area contributed by atoms with Gasteiger partial charge in [0.15, 0.2) is 0 Å². The summed E-state index contributed by atoms with van der Waals surface area (Å²) in [5.74, 6) is -0.554. The summed E-state index contributed by atoms with van der Waals surface area (Å²) in [5, 5.41) is 9.97. The van der Waals surface area contributed by atoms with Gasteiger partial charge >= 0.3 is 11.9 Å². The molecule has 0 rings (SSSR count). The number of aliphatic hydroxyl groups excluding tert-OH is 1. The van der Waals surface area contributed by atoms with E-state index >= 15 is 0 Å². The first-order chi connectivity index (χ1) is 21.1. The van der Waals surface area contributed by atoms with Crippen molar-refractivity contribution < 1.29 is 24.2 Å². The Balaban J connectivity index is 3.35. The molecule has 0 aromatic rings. The highest BCUT2D eigenvalue weighted by Crippen LogP contribution is 2.15. The highest BCUT2D eigenvalue weighted by molar-refractivity contribution is 5.69. The van der Waals surface area contributed by atoms with E-state index in [1.165, 1.54) is 161 Å². The van der Waals surface area contributed by atoms with Crippen molar-refractivity contribution in [3.05, 3.63) is 0 Å². The standard InChI is InChI=1S/C38H74O5/c1-3-5-7-9-11-13-15-16-17-18-19-20-21-22-23-25-27-29-31-33-38(41)43-35-36(39)34-42-37(40)32-30-28-26-24-14-12-10-8-6-4-2/h36,39H,3-35H2,1-2H3/t36-/m0/s1. The van der Waals surface area contributed by atoms with Gasteiger partial charge in [-0.25, -0.2) is 0 Å².